The number of methoxy groups -OCH3 is 2. The second-order valence-electron chi connectivity index (χ2n) is 8.50. The normalized spacial score (nSPS) is 18.7. The lowest BCUT2D eigenvalue weighted by Gasteiger charge is -2.37. The number of pyridine rings is 2. The Labute approximate surface area is 198 Å². The molecule has 1 amide bonds. The number of rotatable bonds is 7. The van der Waals surface area contributed by atoms with Crippen molar-refractivity contribution < 1.29 is 19.0 Å². The number of hydrogen-bond acceptors (Lipinski definition) is 8. The van der Waals surface area contributed by atoms with Gasteiger partial charge in [0.05, 0.1) is 38.5 Å². The van der Waals surface area contributed by atoms with Gasteiger partial charge in [0.15, 0.2) is 0 Å². The molecule has 9 heteroatoms. The first-order valence-electron chi connectivity index (χ1n) is 11.6. The zero-order chi connectivity index (χ0) is 23.5. The number of amides is 1. The molecular weight excluding hydrogens is 434 g/mol. The average molecular weight is 464 g/mol. The Morgan fingerprint density at radius 2 is 1.88 bits per heavy atom. The Bertz CT molecular complexity index is 1150. The highest BCUT2D eigenvalue weighted by Gasteiger charge is 2.35. The number of anilines is 2. The maximum atomic E-state index is 12.7. The smallest absolute Gasteiger partial charge is 0.414 e. The van der Waals surface area contributed by atoms with E-state index in [1.165, 1.54) is 0 Å². The first-order valence-corrected chi connectivity index (χ1v) is 11.6. The van der Waals surface area contributed by atoms with Gasteiger partial charge in [-0.05, 0) is 62.3 Å². The number of aromatic nitrogens is 2. The minimum Gasteiger partial charge on any atom is -0.497 e. The van der Waals surface area contributed by atoms with Gasteiger partial charge in [-0.15, -0.1) is 0 Å². The molecule has 2 aromatic heterocycles. The van der Waals surface area contributed by atoms with Crippen LogP contribution in [0.2, 0.25) is 0 Å². The summed E-state index contributed by atoms with van der Waals surface area (Å²) in [6.45, 7) is 2.94. The molecule has 34 heavy (non-hydrogen) atoms. The van der Waals surface area contributed by atoms with Crippen LogP contribution in [-0.2, 0) is 4.74 Å². The van der Waals surface area contributed by atoms with Gasteiger partial charge in [0.2, 0.25) is 5.88 Å². The predicted molar refractivity (Wildman–Crippen MR) is 130 cm³/mol. The third kappa shape index (κ3) is 4.43. The second kappa shape index (κ2) is 9.72. The molecule has 0 aliphatic carbocycles. The predicted octanol–water partition coefficient (Wildman–Crippen LogP) is 3.23. The largest absolute Gasteiger partial charge is 0.497 e. The van der Waals surface area contributed by atoms with E-state index in [-0.39, 0.29) is 12.2 Å². The molecule has 2 saturated heterocycles. The van der Waals surface area contributed by atoms with Gasteiger partial charge in [-0.3, -0.25) is 9.88 Å². The molecule has 2 aliphatic rings. The van der Waals surface area contributed by atoms with Crippen molar-refractivity contribution in [2.75, 3.05) is 50.2 Å². The Morgan fingerprint density at radius 1 is 1.09 bits per heavy atom. The number of nitrogens with one attached hydrogen (secondary N) is 1. The van der Waals surface area contributed by atoms with Crippen LogP contribution >= 0.6 is 0 Å². The number of fused-ring (bicyclic) bond motifs is 1. The molecular formula is C25H29N5O4. The van der Waals surface area contributed by atoms with Crippen LogP contribution in [0, 0.1) is 0 Å². The van der Waals surface area contributed by atoms with E-state index in [1.54, 1.807) is 19.1 Å². The van der Waals surface area contributed by atoms with Gasteiger partial charge in [0.1, 0.15) is 17.4 Å². The van der Waals surface area contributed by atoms with Gasteiger partial charge in [0, 0.05) is 24.0 Å². The van der Waals surface area contributed by atoms with Crippen molar-refractivity contribution in [3.05, 3.63) is 48.7 Å². The lowest BCUT2D eigenvalue weighted by molar-refractivity contribution is 0.142. The van der Waals surface area contributed by atoms with Crippen LogP contribution in [0.25, 0.3) is 11.0 Å². The second-order valence-corrected chi connectivity index (χ2v) is 8.50. The highest BCUT2D eigenvalue weighted by molar-refractivity contribution is 5.90. The number of hydrogen-bond donors (Lipinski definition) is 1. The van der Waals surface area contributed by atoms with E-state index in [0.717, 1.165) is 54.1 Å². The molecule has 5 rings (SSSR count). The van der Waals surface area contributed by atoms with Crippen molar-refractivity contribution >= 4 is 28.5 Å². The van der Waals surface area contributed by atoms with Gasteiger partial charge in [0.25, 0.3) is 0 Å². The van der Waals surface area contributed by atoms with Crippen LogP contribution in [0.1, 0.15) is 12.8 Å². The van der Waals surface area contributed by atoms with Crippen LogP contribution in [0.3, 0.4) is 0 Å². The van der Waals surface area contributed by atoms with E-state index >= 15 is 0 Å². The van der Waals surface area contributed by atoms with E-state index in [9.17, 15) is 4.79 Å². The molecule has 178 valence electrons. The van der Waals surface area contributed by atoms with Crippen LogP contribution in [-0.4, -0.2) is 68.6 Å². The molecule has 1 atom stereocenters. The van der Waals surface area contributed by atoms with Gasteiger partial charge >= 0.3 is 6.09 Å². The van der Waals surface area contributed by atoms with Gasteiger partial charge in [-0.1, -0.05) is 0 Å². The molecule has 9 nitrogen and oxygen atoms in total. The highest BCUT2D eigenvalue weighted by Crippen LogP contribution is 2.31. The minimum absolute atomic E-state index is 0.279. The molecule has 0 bridgehead atoms. The summed E-state index contributed by atoms with van der Waals surface area (Å²) in [6, 6.07) is 13.5. The first-order chi connectivity index (χ1) is 16.7. The fourth-order valence-electron chi connectivity index (χ4n) is 4.71. The average Bonchev–Trinajstić information content (AvgIpc) is 3.27. The lowest BCUT2D eigenvalue weighted by atomic mass is 10.0. The van der Waals surface area contributed by atoms with E-state index < -0.39 is 0 Å². The van der Waals surface area contributed by atoms with Crippen molar-refractivity contribution in [3.8, 4) is 11.6 Å². The Balaban J connectivity index is 1.43. The van der Waals surface area contributed by atoms with Crippen LogP contribution in [0.15, 0.2) is 48.7 Å². The van der Waals surface area contributed by atoms with Crippen molar-refractivity contribution in [2.45, 2.75) is 25.0 Å². The SMILES string of the molecule is COc1ccc(N2C[C@@H](CN(c3ccnc4ccc(OC)nc34)C3CCNCC3)OC2=O)cc1. The summed E-state index contributed by atoms with van der Waals surface area (Å²) in [5, 5.41) is 3.44. The summed E-state index contributed by atoms with van der Waals surface area (Å²) in [5.74, 6) is 1.29. The number of carbonyl (C=O) groups is 1. The highest BCUT2D eigenvalue weighted by atomic mass is 16.6. The zero-order valence-corrected chi connectivity index (χ0v) is 19.4. The molecule has 3 aromatic rings. The van der Waals surface area contributed by atoms with Gasteiger partial charge in [-0.25, -0.2) is 9.78 Å². The summed E-state index contributed by atoms with van der Waals surface area (Å²) in [4.78, 5) is 26.0. The quantitative estimate of drug-likeness (QED) is 0.571. The number of benzene rings is 1. The minimum atomic E-state index is -0.334. The maximum Gasteiger partial charge on any atom is 0.414 e. The maximum absolute atomic E-state index is 12.7. The summed E-state index contributed by atoms with van der Waals surface area (Å²) >= 11 is 0. The van der Waals surface area contributed by atoms with E-state index in [2.05, 4.69) is 15.2 Å². The van der Waals surface area contributed by atoms with Crippen LogP contribution in [0.4, 0.5) is 16.2 Å². The molecule has 0 saturated carbocycles. The molecule has 0 spiro atoms. The molecule has 0 radical (unpaired) electrons. The number of ether oxygens (including phenoxy) is 3. The Hall–Kier alpha value is -3.59. The fourth-order valence-corrected chi connectivity index (χ4v) is 4.71. The lowest BCUT2D eigenvalue weighted by Crippen LogP contribution is -2.47. The molecule has 2 fully saturated rings. The summed E-state index contributed by atoms with van der Waals surface area (Å²) in [7, 11) is 3.23. The summed E-state index contributed by atoms with van der Waals surface area (Å²) in [5.41, 5.74) is 3.37. The fraction of sp³-hybridized carbons (Fsp3) is 0.400. The number of carbonyl (C=O) groups excluding carboxylic acids is 1. The number of piperidine rings is 1. The van der Waals surface area contributed by atoms with Crippen LogP contribution < -0.4 is 24.6 Å². The molecule has 0 unspecified atom stereocenters. The number of cyclic esters (lactones) is 1. The number of nitrogens with zero attached hydrogens (tertiary/aromatic N) is 4. The Kier molecular flexibility index (Phi) is 6.35. The van der Waals surface area contributed by atoms with Crippen molar-refractivity contribution in [2.24, 2.45) is 0 Å². The van der Waals surface area contributed by atoms with Crippen molar-refractivity contribution in [1.29, 1.82) is 0 Å². The van der Waals surface area contributed by atoms with E-state index in [0.29, 0.717) is 25.0 Å². The summed E-state index contributed by atoms with van der Waals surface area (Å²) < 4.78 is 16.4. The van der Waals surface area contributed by atoms with E-state index in [1.807, 2.05) is 48.7 Å². The van der Waals surface area contributed by atoms with Crippen molar-refractivity contribution in [1.82, 2.24) is 15.3 Å². The van der Waals surface area contributed by atoms with Crippen LogP contribution in [0.5, 0.6) is 11.6 Å². The third-order valence-corrected chi connectivity index (χ3v) is 6.46. The third-order valence-electron chi connectivity index (χ3n) is 6.46. The Morgan fingerprint density at radius 3 is 2.62 bits per heavy atom. The standard InChI is InChI=1S/C25H29N5O4/c1-32-19-5-3-17(4-6-19)30-16-20(34-25(30)31)15-29(18-9-12-26-13-10-18)22-11-14-27-21-7-8-23(33-2)28-24(21)22/h3-8,11,14,18,20,26H,9-10,12-13,15-16H2,1-2H3/t20-/m1/s1. The zero-order valence-electron chi connectivity index (χ0n) is 19.4. The van der Waals surface area contributed by atoms with Gasteiger partial charge < -0.3 is 24.4 Å². The van der Waals surface area contributed by atoms with Gasteiger partial charge in [-0.2, -0.15) is 0 Å². The molecule has 1 N–H and O–H groups in total. The molecule has 4 heterocycles. The summed E-state index contributed by atoms with van der Waals surface area (Å²) in [6.07, 6.45) is 3.19. The topological polar surface area (TPSA) is 89.1 Å². The molecule has 1 aromatic carbocycles. The van der Waals surface area contributed by atoms with E-state index in [4.69, 9.17) is 19.2 Å². The molecule has 2 aliphatic heterocycles. The van der Waals surface area contributed by atoms with Crippen molar-refractivity contribution in [3.63, 3.8) is 0 Å². The first kappa shape index (κ1) is 22.2. The monoisotopic (exact) mass is 463 g/mol.